The molecule has 0 aromatic heterocycles. The quantitative estimate of drug-likeness (QED) is 0.521. The van der Waals surface area contributed by atoms with E-state index in [2.05, 4.69) is 34.8 Å². The molecule has 1 heterocycles. The Bertz CT molecular complexity index is 420. The first-order valence-corrected chi connectivity index (χ1v) is 7.74. The highest BCUT2D eigenvalue weighted by Crippen LogP contribution is 2.51. The van der Waals surface area contributed by atoms with Crippen molar-refractivity contribution in [1.29, 1.82) is 0 Å². The van der Waals surface area contributed by atoms with Gasteiger partial charge in [-0.05, 0) is 20.3 Å². The van der Waals surface area contributed by atoms with Gasteiger partial charge in [-0.2, -0.15) is 0 Å². The fraction of sp³-hybridized carbons (Fsp3) is 0.867. The Morgan fingerprint density at radius 1 is 1.43 bits per heavy atom. The van der Waals surface area contributed by atoms with Crippen molar-refractivity contribution in [3.05, 3.63) is 0 Å². The third-order valence-electron chi connectivity index (χ3n) is 4.48. The number of amides is 1. The van der Waals surface area contributed by atoms with Crippen LogP contribution in [0.3, 0.4) is 0 Å². The van der Waals surface area contributed by atoms with Crippen molar-refractivity contribution in [2.75, 3.05) is 20.2 Å². The number of nitrogens with zero attached hydrogens (tertiary/aromatic N) is 1. The van der Waals surface area contributed by atoms with Crippen molar-refractivity contribution in [3.8, 4) is 0 Å². The number of aliphatic imine (C=N–C) groups is 1. The van der Waals surface area contributed by atoms with E-state index in [0.717, 1.165) is 13.0 Å². The van der Waals surface area contributed by atoms with Gasteiger partial charge in [-0.3, -0.25) is 9.79 Å². The van der Waals surface area contributed by atoms with Crippen molar-refractivity contribution in [2.45, 2.75) is 52.3 Å². The minimum Gasteiger partial charge on any atom is -0.377 e. The van der Waals surface area contributed by atoms with Gasteiger partial charge in [0.15, 0.2) is 5.96 Å². The first kappa shape index (κ1) is 16.1. The standard InChI is InChI=1S/C15H28N4O2/c1-9(2)18-11(20)8-17-14(16-5)19-12-10-6-7-21-13(10)15(12,3)4/h9-10,12-13H,6-8H2,1-5H3,(H,18,20)(H2,16,17,19). The van der Waals surface area contributed by atoms with Gasteiger partial charge >= 0.3 is 0 Å². The van der Waals surface area contributed by atoms with Crippen LogP contribution in [0.25, 0.3) is 0 Å². The number of carbonyl (C=O) groups is 1. The molecule has 120 valence electrons. The number of rotatable bonds is 4. The molecule has 2 aliphatic rings. The van der Waals surface area contributed by atoms with Gasteiger partial charge in [-0.1, -0.05) is 13.8 Å². The highest BCUT2D eigenvalue weighted by atomic mass is 16.5. The van der Waals surface area contributed by atoms with Gasteiger partial charge in [0.25, 0.3) is 0 Å². The molecule has 3 unspecified atom stereocenters. The molecule has 0 aromatic rings. The summed E-state index contributed by atoms with van der Waals surface area (Å²) in [6, 6.07) is 0.487. The maximum Gasteiger partial charge on any atom is 0.239 e. The first-order valence-electron chi connectivity index (χ1n) is 7.74. The molecule has 1 saturated heterocycles. The Labute approximate surface area is 127 Å². The Morgan fingerprint density at radius 3 is 2.76 bits per heavy atom. The van der Waals surface area contributed by atoms with Crippen LogP contribution < -0.4 is 16.0 Å². The summed E-state index contributed by atoms with van der Waals surface area (Å²) >= 11 is 0. The molecule has 1 aliphatic carbocycles. The van der Waals surface area contributed by atoms with Crippen LogP contribution in [0.15, 0.2) is 4.99 Å². The van der Waals surface area contributed by atoms with E-state index < -0.39 is 0 Å². The highest BCUT2D eigenvalue weighted by molar-refractivity contribution is 5.86. The molecule has 2 fully saturated rings. The number of fused-ring (bicyclic) bond motifs is 1. The monoisotopic (exact) mass is 296 g/mol. The predicted octanol–water partition coefficient (Wildman–Crippen LogP) is 0.490. The van der Waals surface area contributed by atoms with Crippen LogP contribution in [0.1, 0.15) is 34.1 Å². The molecule has 2 rings (SSSR count). The molecule has 0 bridgehead atoms. The van der Waals surface area contributed by atoms with Gasteiger partial charge < -0.3 is 20.7 Å². The van der Waals surface area contributed by atoms with Crippen molar-refractivity contribution in [1.82, 2.24) is 16.0 Å². The number of carbonyl (C=O) groups excluding carboxylic acids is 1. The maximum atomic E-state index is 11.7. The average Bonchev–Trinajstić information content (AvgIpc) is 2.84. The lowest BCUT2D eigenvalue weighted by atomic mass is 9.57. The predicted molar refractivity (Wildman–Crippen MR) is 83.2 cm³/mol. The van der Waals surface area contributed by atoms with E-state index in [4.69, 9.17) is 4.74 Å². The van der Waals surface area contributed by atoms with Crippen molar-refractivity contribution in [2.24, 2.45) is 16.3 Å². The van der Waals surface area contributed by atoms with E-state index in [0.29, 0.717) is 24.0 Å². The van der Waals surface area contributed by atoms with Gasteiger partial charge in [0.1, 0.15) is 0 Å². The third kappa shape index (κ3) is 3.31. The first-order chi connectivity index (χ1) is 9.86. The largest absolute Gasteiger partial charge is 0.377 e. The normalized spacial score (nSPS) is 30.6. The van der Waals surface area contributed by atoms with E-state index in [1.165, 1.54) is 0 Å². The maximum absolute atomic E-state index is 11.7. The molecule has 6 nitrogen and oxygen atoms in total. The fourth-order valence-electron chi connectivity index (χ4n) is 3.50. The summed E-state index contributed by atoms with van der Waals surface area (Å²) in [7, 11) is 1.73. The molecule has 1 saturated carbocycles. The zero-order valence-corrected chi connectivity index (χ0v) is 13.7. The molecule has 1 aliphatic heterocycles. The zero-order valence-electron chi connectivity index (χ0n) is 13.7. The minimum absolute atomic E-state index is 0.0251. The molecular formula is C15H28N4O2. The summed E-state index contributed by atoms with van der Waals surface area (Å²) in [6.07, 6.45) is 1.44. The molecule has 1 amide bonds. The summed E-state index contributed by atoms with van der Waals surface area (Å²) in [5.41, 5.74) is 0.0962. The Balaban J connectivity index is 1.84. The van der Waals surface area contributed by atoms with Crippen LogP contribution in [-0.4, -0.2) is 50.3 Å². The topological polar surface area (TPSA) is 74.8 Å². The van der Waals surface area contributed by atoms with Crippen molar-refractivity contribution < 1.29 is 9.53 Å². The average molecular weight is 296 g/mol. The van der Waals surface area contributed by atoms with E-state index in [-0.39, 0.29) is 23.9 Å². The van der Waals surface area contributed by atoms with Gasteiger partial charge in [0, 0.05) is 37.1 Å². The number of hydrogen-bond acceptors (Lipinski definition) is 3. The SMILES string of the molecule is CN=C(NCC(=O)NC(C)C)NC1C2CCOC2C1(C)C. The minimum atomic E-state index is -0.0251. The van der Waals surface area contributed by atoms with Crippen LogP contribution in [0.2, 0.25) is 0 Å². The molecule has 0 radical (unpaired) electrons. The Morgan fingerprint density at radius 2 is 2.14 bits per heavy atom. The lowest BCUT2D eigenvalue weighted by molar-refractivity contribution is -0.120. The zero-order chi connectivity index (χ0) is 15.6. The smallest absolute Gasteiger partial charge is 0.239 e. The van der Waals surface area contributed by atoms with Crippen LogP contribution in [0.5, 0.6) is 0 Å². The van der Waals surface area contributed by atoms with Crippen LogP contribution >= 0.6 is 0 Å². The number of ether oxygens (including phenoxy) is 1. The summed E-state index contributed by atoms with van der Waals surface area (Å²) in [5, 5.41) is 9.38. The molecule has 3 atom stereocenters. The summed E-state index contributed by atoms with van der Waals surface area (Å²) in [6.45, 7) is 9.41. The number of hydrogen-bond donors (Lipinski definition) is 3. The second-order valence-corrected chi connectivity index (χ2v) is 6.84. The van der Waals surface area contributed by atoms with Gasteiger partial charge in [0.05, 0.1) is 12.6 Å². The summed E-state index contributed by atoms with van der Waals surface area (Å²) < 4.78 is 5.79. The Kier molecular flexibility index (Phi) is 4.76. The number of nitrogens with one attached hydrogen (secondary N) is 3. The van der Waals surface area contributed by atoms with Crippen LogP contribution in [-0.2, 0) is 9.53 Å². The number of guanidine groups is 1. The Hall–Kier alpha value is -1.30. The molecule has 3 N–H and O–H groups in total. The van der Waals surface area contributed by atoms with E-state index in [1.54, 1.807) is 7.05 Å². The van der Waals surface area contributed by atoms with Crippen LogP contribution in [0, 0.1) is 11.3 Å². The second-order valence-electron chi connectivity index (χ2n) is 6.84. The van der Waals surface area contributed by atoms with Crippen LogP contribution in [0.4, 0.5) is 0 Å². The molecule has 0 spiro atoms. The van der Waals surface area contributed by atoms with E-state index >= 15 is 0 Å². The second kappa shape index (κ2) is 6.22. The van der Waals surface area contributed by atoms with Crippen molar-refractivity contribution in [3.63, 3.8) is 0 Å². The van der Waals surface area contributed by atoms with Gasteiger partial charge in [-0.15, -0.1) is 0 Å². The molecular weight excluding hydrogens is 268 g/mol. The molecule has 21 heavy (non-hydrogen) atoms. The van der Waals surface area contributed by atoms with Crippen molar-refractivity contribution >= 4 is 11.9 Å². The summed E-state index contributed by atoms with van der Waals surface area (Å²) in [5.74, 6) is 1.20. The lowest BCUT2D eigenvalue weighted by Crippen LogP contribution is -2.68. The molecule has 0 aromatic carbocycles. The van der Waals surface area contributed by atoms with E-state index in [9.17, 15) is 4.79 Å². The van der Waals surface area contributed by atoms with Gasteiger partial charge in [0.2, 0.25) is 5.91 Å². The highest BCUT2D eigenvalue weighted by Gasteiger charge is 2.59. The fourth-order valence-corrected chi connectivity index (χ4v) is 3.50. The van der Waals surface area contributed by atoms with E-state index in [1.807, 2.05) is 13.8 Å². The van der Waals surface area contributed by atoms with Gasteiger partial charge in [-0.25, -0.2) is 0 Å². The lowest BCUT2D eigenvalue weighted by Gasteiger charge is -2.54. The molecule has 6 heteroatoms. The summed E-state index contributed by atoms with van der Waals surface area (Å²) in [4.78, 5) is 15.9. The third-order valence-corrected chi connectivity index (χ3v) is 4.48.